The third-order valence-corrected chi connectivity index (χ3v) is 4.15. The van der Waals surface area contributed by atoms with Crippen molar-refractivity contribution in [1.82, 2.24) is 5.43 Å². The van der Waals surface area contributed by atoms with Gasteiger partial charge in [0, 0.05) is 10.6 Å². The summed E-state index contributed by atoms with van der Waals surface area (Å²) in [5.74, 6) is 0.750. The topological polar surface area (TPSA) is 50.7 Å². The molecule has 25 heavy (non-hydrogen) atoms. The van der Waals surface area contributed by atoms with Crippen LogP contribution in [0.15, 0.2) is 41.5 Å². The molecule has 0 aliphatic heterocycles. The quantitative estimate of drug-likeness (QED) is 0.570. The summed E-state index contributed by atoms with van der Waals surface area (Å²) in [6.07, 6.45) is 1.46. The maximum atomic E-state index is 11.8. The number of hydrazone groups is 1. The van der Waals surface area contributed by atoms with Crippen LogP contribution in [0.5, 0.6) is 5.75 Å². The Morgan fingerprint density at radius 1 is 1.24 bits per heavy atom. The smallest absolute Gasteiger partial charge is 0.277 e. The Kier molecular flexibility index (Phi) is 6.85. The molecule has 6 heteroatoms. The average Bonchev–Trinajstić information content (AvgIpc) is 2.54. The van der Waals surface area contributed by atoms with Crippen molar-refractivity contribution in [2.24, 2.45) is 5.10 Å². The van der Waals surface area contributed by atoms with Crippen molar-refractivity contribution in [3.05, 3.63) is 63.1 Å². The van der Waals surface area contributed by atoms with E-state index < -0.39 is 0 Å². The van der Waals surface area contributed by atoms with E-state index in [2.05, 4.69) is 24.4 Å². The number of ether oxygens (including phenoxy) is 1. The van der Waals surface area contributed by atoms with E-state index in [4.69, 9.17) is 27.9 Å². The summed E-state index contributed by atoms with van der Waals surface area (Å²) in [4.78, 5) is 11.8. The molecule has 0 aliphatic carbocycles. The molecular formula is C19H20Cl2N2O2. The van der Waals surface area contributed by atoms with Gasteiger partial charge in [0.2, 0.25) is 0 Å². The molecule has 4 nitrogen and oxygen atoms in total. The van der Waals surface area contributed by atoms with Gasteiger partial charge in [-0.25, -0.2) is 5.43 Å². The van der Waals surface area contributed by atoms with Crippen LogP contribution in [0, 0.1) is 6.92 Å². The fourth-order valence-electron chi connectivity index (χ4n) is 2.35. The second kappa shape index (κ2) is 8.88. The van der Waals surface area contributed by atoms with Crippen LogP contribution in [0.2, 0.25) is 10.0 Å². The van der Waals surface area contributed by atoms with E-state index in [-0.39, 0.29) is 12.5 Å². The molecule has 2 rings (SSSR count). The van der Waals surface area contributed by atoms with Gasteiger partial charge in [0.05, 0.1) is 11.2 Å². The summed E-state index contributed by atoms with van der Waals surface area (Å²) in [5, 5.41) is 4.87. The first-order valence-corrected chi connectivity index (χ1v) is 8.62. The molecule has 0 atom stereocenters. The van der Waals surface area contributed by atoms with E-state index in [9.17, 15) is 4.79 Å². The number of rotatable bonds is 6. The highest BCUT2D eigenvalue weighted by Gasteiger charge is 2.06. The number of nitrogens with zero attached hydrogens (tertiary/aromatic N) is 1. The summed E-state index contributed by atoms with van der Waals surface area (Å²) in [6, 6.07) is 10.8. The lowest BCUT2D eigenvalue weighted by molar-refractivity contribution is -0.123. The molecule has 0 spiro atoms. The average molecular weight is 379 g/mol. The SMILES string of the molecule is Cc1cc(OCC(=O)N/N=C/c2ccc(Cl)cc2Cl)ccc1C(C)C. The number of nitrogens with one attached hydrogen (secondary N) is 1. The molecule has 0 bridgehead atoms. The lowest BCUT2D eigenvalue weighted by atomic mass is 9.98. The second-order valence-electron chi connectivity index (χ2n) is 5.92. The zero-order valence-corrected chi connectivity index (χ0v) is 15.9. The largest absolute Gasteiger partial charge is 0.484 e. The third-order valence-electron chi connectivity index (χ3n) is 3.59. The first kappa shape index (κ1) is 19.3. The van der Waals surface area contributed by atoms with Gasteiger partial charge in [0.15, 0.2) is 6.61 Å². The highest BCUT2D eigenvalue weighted by Crippen LogP contribution is 2.23. The number of hydrogen-bond donors (Lipinski definition) is 1. The Balaban J connectivity index is 1.86. The molecule has 132 valence electrons. The predicted molar refractivity (Wildman–Crippen MR) is 103 cm³/mol. The van der Waals surface area contributed by atoms with E-state index in [1.54, 1.807) is 18.2 Å². The van der Waals surface area contributed by atoms with Gasteiger partial charge >= 0.3 is 0 Å². The number of aryl methyl sites for hydroxylation is 1. The van der Waals surface area contributed by atoms with Crippen LogP contribution in [0.4, 0.5) is 0 Å². The number of halogens is 2. The van der Waals surface area contributed by atoms with Crippen LogP contribution >= 0.6 is 23.2 Å². The lowest BCUT2D eigenvalue weighted by Gasteiger charge is -2.12. The first-order valence-electron chi connectivity index (χ1n) is 7.87. The summed E-state index contributed by atoms with van der Waals surface area (Å²) in [5.41, 5.74) is 5.47. The number of benzene rings is 2. The van der Waals surface area contributed by atoms with Gasteiger partial charge in [-0.1, -0.05) is 49.2 Å². The fraction of sp³-hybridized carbons (Fsp3) is 0.263. The van der Waals surface area contributed by atoms with Crippen molar-refractivity contribution in [1.29, 1.82) is 0 Å². The van der Waals surface area contributed by atoms with Gasteiger partial charge in [0.1, 0.15) is 5.75 Å². The number of carbonyl (C=O) groups excluding carboxylic acids is 1. The van der Waals surface area contributed by atoms with Crippen molar-refractivity contribution in [2.45, 2.75) is 26.7 Å². The zero-order valence-electron chi connectivity index (χ0n) is 14.3. The van der Waals surface area contributed by atoms with Crippen LogP contribution in [0.25, 0.3) is 0 Å². The van der Waals surface area contributed by atoms with Gasteiger partial charge in [-0.2, -0.15) is 5.10 Å². The van der Waals surface area contributed by atoms with Crippen molar-refractivity contribution in [3.8, 4) is 5.75 Å². The van der Waals surface area contributed by atoms with Gasteiger partial charge in [-0.3, -0.25) is 4.79 Å². The molecule has 1 amide bonds. The molecule has 0 unspecified atom stereocenters. The van der Waals surface area contributed by atoms with Crippen molar-refractivity contribution < 1.29 is 9.53 Å². The van der Waals surface area contributed by atoms with Crippen LogP contribution in [0.1, 0.15) is 36.5 Å². The molecule has 0 heterocycles. The van der Waals surface area contributed by atoms with Crippen molar-refractivity contribution in [2.75, 3.05) is 6.61 Å². The van der Waals surface area contributed by atoms with E-state index >= 15 is 0 Å². The van der Waals surface area contributed by atoms with Gasteiger partial charge < -0.3 is 4.74 Å². The van der Waals surface area contributed by atoms with Crippen LogP contribution in [-0.4, -0.2) is 18.7 Å². The molecule has 0 aliphatic rings. The highest BCUT2D eigenvalue weighted by molar-refractivity contribution is 6.36. The molecule has 0 radical (unpaired) electrons. The number of amides is 1. The first-order chi connectivity index (χ1) is 11.9. The van der Waals surface area contributed by atoms with Crippen LogP contribution in [0.3, 0.4) is 0 Å². The van der Waals surface area contributed by atoms with Crippen molar-refractivity contribution >= 4 is 35.3 Å². The molecule has 1 N–H and O–H groups in total. The van der Waals surface area contributed by atoms with E-state index in [1.807, 2.05) is 25.1 Å². The summed E-state index contributed by atoms with van der Waals surface area (Å²) in [6.45, 7) is 6.19. The summed E-state index contributed by atoms with van der Waals surface area (Å²) >= 11 is 11.8. The number of carbonyl (C=O) groups is 1. The molecule has 2 aromatic carbocycles. The van der Waals surface area contributed by atoms with E-state index in [0.717, 1.165) is 5.56 Å². The normalized spacial score (nSPS) is 11.1. The predicted octanol–water partition coefficient (Wildman–Crippen LogP) is 4.95. The molecule has 0 saturated carbocycles. The molecule has 0 saturated heterocycles. The monoisotopic (exact) mass is 378 g/mol. The summed E-state index contributed by atoms with van der Waals surface area (Å²) < 4.78 is 5.50. The number of hydrogen-bond acceptors (Lipinski definition) is 3. The van der Waals surface area contributed by atoms with E-state index in [1.165, 1.54) is 11.8 Å². The molecule has 0 fully saturated rings. The Hall–Kier alpha value is -2.04. The Morgan fingerprint density at radius 2 is 2.00 bits per heavy atom. The minimum absolute atomic E-state index is 0.119. The standard InChI is InChI=1S/C19H20Cl2N2O2/c1-12(2)17-7-6-16(8-13(17)3)25-11-19(24)23-22-10-14-4-5-15(20)9-18(14)21/h4-10,12H,11H2,1-3H3,(H,23,24)/b22-10+. The van der Waals surface area contributed by atoms with Gasteiger partial charge in [-0.15, -0.1) is 0 Å². The minimum atomic E-state index is -0.355. The Morgan fingerprint density at radius 3 is 2.64 bits per heavy atom. The maximum Gasteiger partial charge on any atom is 0.277 e. The lowest BCUT2D eigenvalue weighted by Crippen LogP contribution is -2.24. The minimum Gasteiger partial charge on any atom is -0.484 e. The molecular weight excluding hydrogens is 359 g/mol. The zero-order chi connectivity index (χ0) is 18.4. The van der Waals surface area contributed by atoms with Crippen LogP contribution < -0.4 is 10.2 Å². The van der Waals surface area contributed by atoms with Crippen molar-refractivity contribution in [3.63, 3.8) is 0 Å². The van der Waals surface area contributed by atoms with Gasteiger partial charge in [0.25, 0.3) is 5.91 Å². The molecule has 0 aromatic heterocycles. The Bertz CT molecular complexity index is 789. The Labute approximate surface area is 157 Å². The fourth-order valence-corrected chi connectivity index (χ4v) is 2.80. The molecule has 2 aromatic rings. The van der Waals surface area contributed by atoms with Gasteiger partial charge in [-0.05, 0) is 48.2 Å². The van der Waals surface area contributed by atoms with E-state index in [0.29, 0.717) is 27.3 Å². The summed E-state index contributed by atoms with van der Waals surface area (Å²) in [7, 11) is 0. The van der Waals surface area contributed by atoms with Crippen LogP contribution in [-0.2, 0) is 4.79 Å². The maximum absolute atomic E-state index is 11.8. The third kappa shape index (κ3) is 5.76. The highest BCUT2D eigenvalue weighted by atomic mass is 35.5. The second-order valence-corrected chi connectivity index (χ2v) is 6.76.